The van der Waals surface area contributed by atoms with Crippen molar-refractivity contribution in [3.8, 4) is 0 Å². The number of hydrogen-bond donors (Lipinski definition) is 2. The zero-order chi connectivity index (χ0) is 16.8. The van der Waals surface area contributed by atoms with Crippen molar-refractivity contribution in [3.63, 3.8) is 0 Å². The number of nitrogens with zero attached hydrogens (tertiary/aromatic N) is 2. The van der Waals surface area contributed by atoms with Crippen LogP contribution < -0.4 is 10.6 Å². The zero-order valence-electron chi connectivity index (χ0n) is 15.0. The first-order valence-electron chi connectivity index (χ1n) is 7.71. The highest BCUT2D eigenvalue weighted by Gasteiger charge is 2.20. The fourth-order valence-corrected chi connectivity index (χ4v) is 1.70. The van der Waals surface area contributed by atoms with Gasteiger partial charge in [-0.2, -0.15) is 0 Å². The van der Waals surface area contributed by atoms with Crippen molar-refractivity contribution in [1.29, 1.82) is 0 Å². The molecule has 0 aromatic heterocycles. The van der Waals surface area contributed by atoms with Gasteiger partial charge in [-0.15, -0.1) is 24.0 Å². The number of likely N-dealkylation sites (N-methyl/N-ethyl adjacent to an activating group) is 1. The lowest BCUT2D eigenvalue weighted by Crippen LogP contribution is -2.50. The van der Waals surface area contributed by atoms with Gasteiger partial charge in [-0.25, -0.2) is 9.38 Å². The van der Waals surface area contributed by atoms with Crippen LogP contribution in [0, 0.1) is 12.7 Å². The predicted octanol–water partition coefficient (Wildman–Crippen LogP) is 3.15. The van der Waals surface area contributed by atoms with E-state index >= 15 is 0 Å². The molecule has 4 nitrogen and oxygen atoms in total. The largest absolute Gasteiger partial charge is 0.357 e. The molecule has 0 aliphatic rings. The Labute approximate surface area is 157 Å². The molecule has 2 N–H and O–H groups in total. The van der Waals surface area contributed by atoms with E-state index in [2.05, 4.69) is 48.5 Å². The van der Waals surface area contributed by atoms with E-state index in [0.29, 0.717) is 12.1 Å². The van der Waals surface area contributed by atoms with Gasteiger partial charge in [-0.1, -0.05) is 12.1 Å². The Bertz CT molecular complexity index is 515. The molecule has 0 aliphatic carbocycles. The fourth-order valence-electron chi connectivity index (χ4n) is 1.70. The minimum absolute atomic E-state index is 0. The minimum atomic E-state index is -0.181. The number of nitrogens with one attached hydrogen (secondary N) is 2. The highest BCUT2D eigenvalue weighted by molar-refractivity contribution is 14.0. The third-order valence-electron chi connectivity index (χ3n) is 3.90. The SMILES string of the molecule is CCNC(=NCc1ccc(C)c(F)c1)NCC(C)(C)N(C)C.I. The Kier molecular flexibility index (Phi) is 9.68. The van der Waals surface area contributed by atoms with E-state index in [1.165, 1.54) is 0 Å². The first-order valence-corrected chi connectivity index (χ1v) is 7.71. The molecule has 1 aromatic carbocycles. The number of hydrogen-bond acceptors (Lipinski definition) is 2. The minimum Gasteiger partial charge on any atom is -0.357 e. The first-order chi connectivity index (χ1) is 10.3. The quantitative estimate of drug-likeness (QED) is 0.409. The number of aliphatic imine (C=N–C) groups is 1. The van der Waals surface area contributed by atoms with E-state index in [-0.39, 0.29) is 35.3 Å². The van der Waals surface area contributed by atoms with Crippen molar-refractivity contribution in [1.82, 2.24) is 15.5 Å². The van der Waals surface area contributed by atoms with Gasteiger partial charge >= 0.3 is 0 Å². The van der Waals surface area contributed by atoms with Crippen molar-refractivity contribution in [2.24, 2.45) is 4.99 Å². The van der Waals surface area contributed by atoms with Gasteiger partial charge in [0.15, 0.2) is 5.96 Å². The van der Waals surface area contributed by atoms with Crippen LogP contribution in [0.5, 0.6) is 0 Å². The average molecular weight is 436 g/mol. The van der Waals surface area contributed by atoms with Crippen LogP contribution in [-0.4, -0.2) is 43.6 Å². The maximum Gasteiger partial charge on any atom is 0.191 e. The Morgan fingerprint density at radius 2 is 1.91 bits per heavy atom. The van der Waals surface area contributed by atoms with Gasteiger partial charge in [0, 0.05) is 18.6 Å². The second-order valence-electron chi connectivity index (χ2n) is 6.34. The van der Waals surface area contributed by atoms with Gasteiger partial charge < -0.3 is 15.5 Å². The summed E-state index contributed by atoms with van der Waals surface area (Å²) in [6, 6.07) is 5.25. The summed E-state index contributed by atoms with van der Waals surface area (Å²) in [5.41, 5.74) is 1.55. The Hall–Kier alpha value is -0.890. The van der Waals surface area contributed by atoms with Gasteiger partial charge in [-0.3, -0.25) is 0 Å². The second-order valence-corrected chi connectivity index (χ2v) is 6.34. The third-order valence-corrected chi connectivity index (χ3v) is 3.90. The van der Waals surface area contributed by atoms with Crippen LogP contribution in [0.25, 0.3) is 0 Å². The number of guanidine groups is 1. The normalized spacial score (nSPS) is 12.1. The highest BCUT2D eigenvalue weighted by Crippen LogP contribution is 2.10. The maximum atomic E-state index is 13.6. The van der Waals surface area contributed by atoms with E-state index in [1.807, 2.05) is 13.0 Å². The first kappa shape index (κ1) is 22.1. The molecule has 0 radical (unpaired) electrons. The van der Waals surface area contributed by atoms with E-state index in [9.17, 15) is 4.39 Å². The molecule has 0 fully saturated rings. The molecule has 0 unspecified atom stereocenters. The van der Waals surface area contributed by atoms with Crippen molar-refractivity contribution in [2.45, 2.75) is 39.8 Å². The predicted molar refractivity (Wildman–Crippen MR) is 107 cm³/mol. The standard InChI is InChI=1S/C17H29FN4.HI/c1-7-19-16(21-12-17(3,4)22(5)6)20-11-14-9-8-13(2)15(18)10-14;/h8-10H,7,11-12H2,1-6H3,(H2,19,20,21);1H. The summed E-state index contributed by atoms with van der Waals surface area (Å²) in [6.07, 6.45) is 0. The van der Waals surface area contributed by atoms with Gasteiger partial charge in [0.1, 0.15) is 5.82 Å². The highest BCUT2D eigenvalue weighted by atomic mass is 127. The van der Waals surface area contributed by atoms with Gasteiger partial charge in [0.25, 0.3) is 0 Å². The Morgan fingerprint density at radius 3 is 2.43 bits per heavy atom. The molecule has 0 amide bonds. The number of halogens is 2. The van der Waals surface area contributed by atoms with E-state index in [1.54, 1.807) is 19.1 Å². The summed E-state index contributed by atoms with van der Waals surface area (Å²) in [5, 5.41) is 6.56. The second kappa shape index (κ2) is 10.1. The lowest BCUT2D eigenvalue weighted by molar-refractivity contribution is 0.197. The lowest BCUT2D eigenvalue weighted by Gasteiger charge is -2.33. The van der Waals surface area contributed by atoms with Crippen molar-refractivity contribution >= 4 is 29.9 Å². The van der Waals surface area contributed by atoms with E-state index in [0.717, 1.165) is 24.6 Å². The molecule has 1 rings (SSSR count). The van der Waals surface area contributed by atoms with Gasteiger partial charge in [0.05, 0.1) is 6.54 Å². The number of rotatable bonds is 6. The van der Waals surface area contributed by atoms with Crippen LogP contribution in [0.3, 0.4) is 0 Å². The Balaban J connectivity index is 0.00000484. The third kappa shape index (κ3) is 7.48. The zero-order valence-corrected chi connectivity index (χ0v) is 17.4. The van der Waals surface area contributed by atoms with Crippen molar-refractivity contribution < 1.29 is 4.39 Å². The number of aryl methyl sites for hydroxylation is 1. The molecular weight excluding hydrogens is 406 g/mol. The molecular formula is C17H30FIN4. The van der Waals surface area contributed by atoms with Crippen molar-refractivity contribution in [2.75, 3.05) is 27.2 Å². The molecule has 0 bridgehead atoms. The summed E-state index contributed by atoms with van der Waals surface area (Å²) >= 11 is 0. The summed E-state index contributed by atoms with van der Waals surface area (Å²) in [4.78, 5) is 6.69. The molecule has 0 saturated heterocycles. The average Bonchev–Trinajstić information content (AvgIpc) is 2.45. The summed E-state index contributed by atoms with van der Waals surface area (Å²) < 4.78 is 13.6. The summed E-state index contributed by atoms with van der Waals surface area (Å²) in [7, 11) is 4.11. The molecule has 0 aliphatic heterocycles. The Morgan fingerprint density at radius 1 is 1.26 bits per heavy atom. The topological polar surface area (TPSA) is 39.7 Å². The summed E-state index contributed by atoms with van der Waals surface area (Å²) in [5.74, 6) is 0.567. The van der Waals surface area contributed by atoms with Crippen LogP contribution in [0.2, 0.25) is 0 Å². The smallest absolute Gasteiger partial charge is 0.191 e. The van der Waals surface area contributed by atoms with Gasteiger partial charge in [0.2, 0.25) is 0 Å². The molecule has 0 saturated carbocycles. The van der Waals surface area contributed by atoms with E-state index in [4.69, 9.17) is 0 Å². The molecule has 0 spiro atoms. The maximum absolute atomic E-state index is 13.6. The summed E-state index contributed by atoms with van der Waals surface area (Å²) in [6.45, 7) is 10.1. The van der Waals surface area contributed by atoms with E-state index < -0.39 is 0 Å². The monoisotopic (exact) mass is 436 g/mol. The molecule has 132 valence electrons. The van der Waals surface area contributed by atoms with Crippen LogP contribution in [0.4, 0.5) is 4.39 Å². The number of benzene rings is 1. The van der Waals surface area contributed by atoms with Crippen LogP contribution in [0.15, 0.2) is 23.2 Å². The molecule has 1 aromatic rings. The van der Waals surface area contributed by atoms with Crippen molar-refractivity contribution in [3.05, 3.63) is 35.1 Å². The molecule has 0 heterocycles. The molecule has 0 atom stereocenters. The van der Waals surface area contributed by atoms with Crippen LogP contribution in [0.1, 0.15) is 31.9 Å². The fraction of sp³-hybridized carbons (Fsp3) is 0.588. The van der Waals surface area contributed by atoms with Crippen LogP contribution in [-0.2, 0) is 6.54 Å². The molecule has 23 heavy (non-hydrogen) atoms. The van der Waals surface area contributed by atoms with Gasteiger partial charge in [-0.05, 0) is 59.0 Å². The van der Waals surface area contributed by atoms with Crippen LogP contribution >= 0.6 is 24.0 Å². The lowest BCUT2D eigenvalue weighted by atomic mass is 10.0. The molecule has 6 heteroatoms.